The molecule has 2 rings (SSSR count). The number of nitrogens with one attached hydrogen (secondary N) is 1. The van der Waals surface area contributed by atoms with E-state index < -0.39 is 12.7 Å². The lowest BCUT2D eigenvalue weighted by Crippen LogP contribution is -2.37. The molecular formula is C12H18F3N5O. The fraction of sp³-hybridized carbons (Fsp3) is 0.750. The van der Waals surface area contributed by atoms with E-state index in [1.807, 2.05) is 6.92 Å². The van der Waals surface area contributed by atoms with Crippen LogP contribution in [-0.4, -0.2) is 47.4 Å². The maximum atomic E-state index is 12.7. The number of anilines is 2. The summed E-state index contributed by atoms with van der Waals surface area (Å²) in [5.74, 6) is 0.194. The van der Waals surface area contributed by atoms with Crippen molar-refractivity contribution in [1.82, 2.24) is 15.0 Å². The summed E-state index contributed by atoms with van der Waals surface area (Å²) >= 11 is 0. The summed E-state index contributed by atoms with van der Waals surface area (Å²) in [7, 11) is 1.59. The van der Waals surface area contributed by atoms with E-state index in [4.69, 9.17) is 4.74 Å². The number of hydrogen-bond acceptors (Lipinski definition) is 6. The lowest BCUT2D eigenvalue weighted by atomic mass is 10.4. The van der Waals surface area contributed by atoms with Crippen molar-refractivity contribution in [3.63, 3.8) is 0 Å². The van der Waals surface area contributed by atoms with E-state index in [0.29, 0.717) is 19.4 Å². The van der Waals surface area contributed by atoms with Crippen LogP contribution in [0.15, 0.2) is 0 Å². The molecule has 1 heterocycles. The fourth-order valence-corrected chi connectivity index (χ4v) is 1.79. The van der Waals surface area contributed by atoms with Gasteiger partial charge in [0.25, 0.3) is 0 Å². The maximum Gasteiger partial charge on any atom is 0.406 e. The second-order valence-corrected chi connectivity index (χ2v) is 4.81. The summed E-state index contributed by atoms with van der Waals surface area (Å²) in [6.07, 6.45) is -2.13. The van der Waals surface area contributed by atoms with Gasteiger partial charge in [-0.2, -0.15) is 28.1 Å². The van der Waals surface area contributed by atoms with Gasteiger partial charge in [-0.05, 0) is 19.3 Å². The van der Waals surface area contributed by atoms with Crippen molar-refractivity contribution >= 4 is 11.9 Å². The Morgan fingerprint density at radius 1 is 1.29 bits per heavy atom. The Morgan fingerprint density at radius 3 is 2.52 bits per heavy atom. The Bertz CT molecular complexity index is 478. The van der Waals surface area contributed by atoms with E-state index in [0.717, 1.165) is 6.42 Å². The lowest BCUT2D eigenvalue weighted by Gasteiger charge is -2.24. The van der Waals surface area contributed by atoms with Gasteiger partial charge in [0.05, 0.1) is 6.61 Å². The zero-order valence-electron chi connectivity index (χ0n) is 11.9. The van der Waals surface area contributed by atoms with E-state index in [-0.39, 0.29) is 23.9 Å². The van der Waals surface area contributed by atoms with Gasteiger partial charge in [-0.25, -0.2) is 0 Å². The molecule has 1 fully saturated rings. The van der Waals surface area contributed by atoms with Gasteiger partial charge >= 0.3 is 12.2 Å². The maximum absolute atomic E-state index is 12.7. The zero-order chi connectivity index (χ0) is 15.5. The molecule has 0 spiro atoms. The van der Waals surface area contributed by atoms with Crippen molar-refractivity contribution < 1.29 is 17.9 Å². The monoisotopic (exact) mass is 305 g/mol. The zero-order valence-corrected chi connectivity index (χ0v) is 11.9. The predicted molar refractivity (Wildman–Crippen MR) is 71.6 cm³/mol. The first-order valence-electron chi connectivity index (χ1n) is 6.83. The highest BCUT2D eigenvalue weighted by Crippen LogP contribution is 2.33. The van der Waals surface area contributed by atoms with Gasteiger partial charge < -0.3 is 15.0 Å². The van der Waals surface area contributed by atoms with Gasteiger partial charge in [0.2, 0.25) is 11.9 Å². The largest absolute Gasteiger partial charge is 0.463 e. The topological polar surface area (TPSA) is 63.2 Å². The molecule has 1 aliphatic carbocycles. The third-order valence-electron chi connectivity index (χ3n) is 2.86. The van der Waals surface area contributed by atoms with Crippen LogP contribution in [0.25, 0.3) is 0 Å². The molecule has 0 saturated heterocycles. The number of ether oxygens (including phenoxy) is 1. The number of rotatable bonds is 7. The molecule has 1 N–H and O–H groups in total. The third-order valence-corrected chi connectivity index (χ3v) is 2.86. The average Bonchev–Trinajstić information content (AvgIpc) is 3.25. The first-order valence-corrected chi connectivity index (χ1v) is 6.83. The molecule has 0 amide bonds. The smallest absolute Gasteiger partial charge is 0.406 e. The SMILES string of the molecule is CCCOc1nc(NC)nc(N(CC(F)(F)F)C2CC2)n1. The van der Waals surface area contributed by atoms with E-state index in [9.17, 15) is 13.2 Å². The van der Waals surface area contributed by atoms with Crippen LogP contribution in [0.5, 0.6) is 6.01 Å². The van der Waals surface area contributed by atoms with Crippen LogP contribution in [0, 0.1) is 0 Å². The van der Waals surface area contributed by atoms with Crippen LogP contribution in [0.2, 0.25) is 0 Å². The van der Waals surface area contributed by atoms with Gasteiger partial charge in [-0.1, -0.05) is 6.92 Å². The first kappa shape index (κ1) is 15.6. The molecule has 0 bridgehead atoms. The van der Waals surface area contributed by atoms with Gasteiger partial charge in [0, 0.05) is 13.1 Å². The first-order chi connectivity index (χ1) is 9.93. The average molecular weight is 305 g/mol. The van der Waals surface area contributed by atoms with E-state index >= 15 is 0 Å². The molecule has 6 nitrogen and oxygen atoms in total. The van der Waals surface area contributed by atoms with Crippen molar-refractivity contribution in [3.8, 4) is 6.01 Å². The number of alkyl halides is 3. The molecule has 0 aliphatic heterocycles. The predicted octanol–water partition coefficient (Wildman–Crippen LogP) is 2.23. The summed E-state index contributed by atoms with van der Waals surface area (Å²) < 4.78 is 43.4. The highest BCUT2D eigenvalue weighted by Gasteiger charge is 2.39. The summed E-state index contributed by atoms with van der Waals surface area (Å²) in [6.45, 7) is 1.24. The van der Waals surface area contributed by atoms with E-state index in [1.165, 1.54) is 4.90 Å². The second kappa shape index (κ2) is 6.31. The molecule has 1 aromatic rings. The minimum atomic E-state index is -4.31. The number of aromatic nitrogens is 3. The lowest BCUT2D eigenvalue weighted by molar-refractivity contribution is -0.120. The highest BCUT2D eigenvalue weighted by atomic mass is 19.4. The Hall–Kier alpha value is -1.80. The molecular weight excluding hydrogens is 287 g/mol. The third kappa shape index (κ3) is 4.61. The van der Waals surface area contributed by atoms with Gasteiger partial charge in [0.1, 0.15) is 6.54 Å². The van der Waals surface area contributed by atoms with Crippen LogP contribution in [-0.2, 0) is 0 Å². The van der Waals surface area contributed by atoms with Crippen molar-refractivity contribution in [1.29, 1.82) is 0 Å². The van der Waals surface area contributed by atoms with Crippen LogP contribution >= 0.6 is 0 Å². The second-order valence-electron chi connectivity index (χ2n) is 4.81. The normalized spacial score (nSPS) is 14.9. The van der Waals surface area contributed by atoms with Crippen molar-refractivity contribution in [2.45, 2.75) is 38.4 Å². The Morgan fingerprint density at radius 2 is 2.00 bits per heavy atom. The molecule has 0 unspecified atom stereocenters. The number of hydrogen-bond donors (Lipinski definition) is 1. The molecule has 0 atom stereocenters. The molecule has 0 radical (unpaired) electrons. The van der Waals surface area contributed by atoms with Crippen molar-refractivity contribution in [2.24, 2.45) is 0 Å². The highest BCUT2D eigenvalue weighted by molar-refractivity contribution is 5.40. The molecule has 1 saturated carbocycles. The van der Waals surface area contributed by atoms with Crippen LogP contribution in [0.1, 0.15) is 26.2 Å². The van der Waals surface area contributed by atoms with Crippen molar-refractivity contribution in [2.75, 3.05) is 30.4 Å². The summed E-state index contributed by atoms with van der Waals surface area (Å²) in [6, 6.07) is -0.128. The van der Waals surface area contributed by atoms with Crippen molar-refractivity contribution in [3.05, 3.63) is 0 Å². The van der Waals surface area contributed by atoms with Gasteiger partial charge in [0.15, 0.2) is 0 Å². The molecule has 21 heavy (non-hydrogen) atoms. The Kier molecular flexibility index (Phi) is 4.69. The number of nitrogens with zero attached hydrogens (tertiary/aromatic N) is 4. The van der Waals surface area contributed by atoms with Crippen LogP contribution in [0.3, 0.4) is 0 Å². The molecule has 1 aromatic heterocycles. The summed E-state index contributed by atoms with van der Waals surface area (Å²) in [5.41, 5.74) is 0. The minimum Gasteiger partial charge on any atom is -0.463 e. The van der Waals surface area contributed by atoms with Crippen LogP contribution in [0.4, 0.5) is 25.1 Å². The summed E-state index contributed by atoms with van der Waals surface area (Å²) in [5, 5.41) is 2.71. The molecule has 1 aliphatic rings. The van der Waals surface area contributed by atoms with E-state index in [2.05, 4.69) is 20.3 Å². The Balaban J connectivity index is 2.25. The number of halogens is 3. The molecule has 0 aromatic carbocycles. The summed E-state index contributed by atoms with van der Waals surface area (Å²) in [4.78, 5) is 13.2. The fourth-order valence-electron chi connectivity index (χ4n) is 1.79. The van der Waals surface area contributed by atoms with Crippen LogP contribution < -0.4 is 15.0 Å². The standard InChI is InChI=1S/C12H18F3N5O/c1-3-6-21-11-18-9(16-2)17-10(19-11)20(8-4-5-8)7-12(13,14)15/h8H,3-7H2,1-2H3,(H,16,17,18,19). The van der Waals surface area contributed by atoms with Gasteiger partial charge in [-0.15, -0.1) is 0 Å². The molecule has 118 valence electrons. The quantitative estimate of drug-likeness (QED) is 0.833. The van der Waals surface area contributed by atoms with E-state index in [1.54, 1.807) is 7.05 Å². The van der Waals surface area contributed by atoms with Gasteiger partial charge in [-0.3, -0.25) is 0 Å². The Labute approximate surface area is 120 Å². The minimum absolute atomic E-state index is 0.000257. The molecule has 9 heteroatoms.